The van der Waals surface area contributed by atoms with Crippen molar-refractivity contribution < 1.29 is 9.53 Å². The zero-order valence-electron chi connectivity index (χ0n) is 11.5. The van der Waals surface area contributed by atoms with Gasteiger partial charge in [0.05, 0.1) is 19.1 Å². The van der Waals surface area contributed by atoms with Crippen LogP contribution in [0.15, 0.2) is 0 Å². The van der Waals surface area contributed by atoms with Gasteiger partial charge in [-0.05, 0) is 24.7 Å². The zero-order valence-corrected chi connectivity index (χ0v) is 11.5. The standard InChI is InChI=1S/C14H26N2O2/c1-2-14(5-3-4-6-14)11-16-13(17)9-12-10-15-7-8-18-12/h12,15H,2-11H2,1H3,(H,16,17). The molecule has 104 valence electrons. The molecule has 0 aromatic rings. The van der Waals surface area contributed by atoms with Crippen molar-refractivity contribution in [2.45, 2.75) is 51.6 Å². The average Bonchev–Trinajstić information content (AvgIpc) is 2.87. The zero-order chi connectivity index (χ0) is 12.8. The molecule has 1 saturated carbocycles. The topological polar surface area (TPSA) is 50.4 Å². The second-order valence-corrected chi connectivity index (χ2v) is 5.74. The van der Waals surface area contributed by atoms with Crippen molar-refractivity contribution in [3.05, 3.63) is 0 Å². The van der Waals surface area contributed by atoms with Crippen LogP contribution in [0.3, 0.4) is 0 Å². The molecule has 2 N–H and O–H groups in total. The summed E-state index contributed by atoms with van der Waals surface area (Å²) in [4.78, 5) is 11.9. The molecule has 1 unspecified atom stereocenters. The Bertz CT molecular complexity index is 269. The van der Waals surface area contributed by atoms with Crippen molar-refractivity contribution in [3.63, 3.8) is 0 Å². The molecule has 0 spiro atoms. The molecular formula is C14H26N2O2. The third kappa shape index (κ3) is 3.69. The maximum atomic E-state index is 11.9. The van der Waals surface area contributed by atoms with E-state index < -0.39 is 0 Å². The van der Waals surface area contributed by atoms with Crippen LogP contribution in [0.2, 0.25) is 0 Å². The minimum Gasteiger partial charge on any atom is -0.375 e. The van der Waals surface area contributed by atoms with E-state index in [0.29, 0.717) is 11.8 Å². The van der Waals surface area contributed by atoms with Gasteiger partial charge in [-0.25, -0.2) is 0 Å². The van der Waals surface area contributed by atoms with E-state index in [2.05, 4.69) is 17.6 Å². The van der Waals surface area contributed by atoms with Crippen molar-refractivity contribution in [2.75, 3.05) is 26.2 Å². The second-order valence-electron chi connectivity index (χ2n) is 5.74. The van der Waals surface area contributed by atoms with E-state index >= 15 is 0 Å². The van der Waals surface area contributed by atoms with Gasteiger partial charge in [-0.15, -0.1) is 0 Å². The van der Waals surface area contributed by atoms with Crippen molar-refractivity contribution in [3.8, 4) is 0 Å². The SMILES string of the molecule is CCC1(CNC(=O)CC2CNCCO2)CCCC1. The third-order valence-corrected chi connectivity index (χ3v) is 4.49. The van der Waals surface area contributed by atoms with Gasteiger partial charge in [0.15, 0.2) is 0 Å². The number of rotatable bonds is 5. The summed E-state index contributed by atoms with van der Waals surface area (Å²) in [6, 6.07) is 0. The van der Waals surface area contributed by atoms with E-state index in [0.717, 1.165) is 26.2 Å². The van der Waals surface area contributed by atoms with Gasteiger partial charge in [-0.2, -0.15) is 0 Å². The maximum Gasteiger partial charge on any atom is 0.222 e. The average molecular weight is 254 g/mol. The molecule has 2 aliphatic rings. The molecule has 2 fully saturated rings. The van der Waals surface area contributed by atoms with Gasteiger partial charge >= 0.3 is 0 Å². The van der Waals surface area contributed by atoms with E-state index in [1.807, 2.05) is 0 Å². The van der Waals surface area contributed by atoms with Crippen LogP contribution in [0.1, 0.15) is 45.4 Å². The normalized spacial score (nSPS) is 27.1. The molecule has 1 aliphatic heterocycles. The lowest BCUT2D eigenvalue weighted by molar-refractivity contribution is -0.125. The summed E-state index contributed by atoms with van der Waals surface area (Å²) in [6.45, 7) is 5.51. The highest BCUT2D eigenvalue weighted by atomic mass is 16.5. The van der Waals surface area contributed by atoms with Crippen LogP contribution in [-0.2, 0) is 9.53 Å². The lowest BCUT2D eigenvalue weighted by atomic mass is 9.83. The molecule has 1 heterocycles. The predicted molar refractivity (Wildman–Crippen MR) is 71.4 cm³/mol. The predicted octanol–water partition coefficient (Wildman–Crippen LogP) is 1.45. The summed E-state index contributed by atoms with van der Waals surface area (Å²) in [6.07, 6.45) is 6.90. The Morgan fingerprint density at radius 2 is 2.22 bits per heavy atom. The lowest BCUT2D eigenvalue weighted by Crippen LogP contribution is -2.43. The molecule has 1 amide bonds. The van der Waals surface area contributed by atoms with Gasteiger partial charge in [-0.3, -0.25) is 4.79 Å². The molecule has 4 nitrogen and oxygen atoms in total. The molecule has 1 atom stereocenters. The first-order valence-electron chi connectivity index (χ1n) is 7.33. The number of carbonyl (C=O) groups excluding carboxylic acids is 1. The fourth-order valence-electron chi connectivity index (χ4n) is 3.10. The van der Waals surface area contributed by atoms with Crippen LogP contribution in [0, 0.1) is 5.41 Å². The molecule has 1 aliphatic carbocycles. The Hall–Kier alpha value is -0.610. The van der Waals surface area contributed by atoms with E-state index in [1.54, 1.807) is 0 Å². The van der Waals surface area contributed by atoms with Crippen molar-refractivity contribution in [1.82, 2.24) is 10.6 Å². The van der Waals surface area contributed by atoms with Crippen LogP contribution in [-0.4, -0.2) is 38.3 Å². The second kappa shape index (κ2) is 6.53. The highest BCUT2D eigenvalue weighted by Crippen LogP contribution is 2.40. The van der Waals surface area contributed by atoms with Gasteiger partial charge in [0.2, 0.25) is 5.91 Å². The Morgan fingerprint density at radius 3 is 2.83 bits per heavy atom. The molecule has 2 rings (SSSR count). The Kier molecular flexibility index (Phi) is 5.01. The first kappa shape index (κ1) is 13.8. The van der Waals surface area contributed by atoms with Crippen LogP contribution in [0.5, 0.6) is 0 Å². The van der Waals surface area contributed by atoms with Gasteiger partial charge in [-0.1, -0.05) is 19.8 Å². The first-order valence-corrected chi connectivity index (χ1v) is 7.33. The van der Waals surface area contributed by atoms with Gasteiger partial charge in [0.1, 0.15) is 0 Å². The van der Waals surface area contributed by atoms with E-state index in [4.69, 9.17) is 4.74 Å². The maximum absolute atomic E-state index is 11.9. The number of hydrogen-bond acceptors (Lipinski definition) is 3. The number of nitrogens with one attached hydrogen (secondary N) is 2. The van der Waals surface area contributed by atoms with Crippen LogP contribution >= 0.6 is 0 Å². The minimum atomic E-state index is 0.0555. The minimum absolute atomic E-state index is 0.0555. The van der Waals surface area contributed by atoms with Gasteiger partial charge in [0, 0.05) is 19.6 Å². The summed E-state index contributed by atoms with van der Waals surface area (Å²) < 4.78 is 5.55. The fourth-order valence-corrected chi connectivity index (χ4v) is 3.10. The van der Waals surface area contributed by atoms with Gasteiger partial charge in [0.25, 0.3) is 0 Å². The Labute approximate surface area is 110 Å². The highest BCUT2D eigenvalue weighted by Gasteiger charge is 2.32. The molecule has 18 heavy (non-hydrogen) atoms. The van der Waals surface area contributed by atoms with Gasteiger partial charge < -0.3 is 15.4 Å². The molecule has 4 heteroatoms. The number of morpholine rings is 1. The fraction of sp³-hybridized carbons (Fsp3) is 0.929. The quantitative estimate of drug-likeness (QED) is 0.781. The van der Waals surface area contributed by atoms with E-state index in [-0.39, 0.29) is 12.0 Å². The molecular weight excluding hydrogens is 228 g/mol. The van der Waals surface area contributed by atoms with Crippen LogP contribution in [0.4, 0.5) is 0 Å². The monoisotopic (exact) mass is 254 g/mol. The van der Waals surface area contributed by atoms with Crippen molar-refractivity contribution in [2.24, 2.45) is 5.41 Å². The number of amides is 1. The summed E-state index contributed by atoms with van der Waals surface area (Å²) in [5, 5.41) is 6.37. The molecule has 0 bridgehead atoms. The van der Waals surface area contributed by atoms with Crippen LogP contribution < -0.4 is 10.6 Å². The number of ether oxygens (including phenoxy) is 1. The number of hydrogen-bond donors (Lipinski definition) is 2. The molecule has 0 aromatic carbocycles. The Morgan fingerprint density at radius 1 is 1.44 bits per heavy atom. The summed E-state index contributed by atoms with van der Waals surface area (Å²) >= 11 is 0. The summed E-state index contributed by atoms with van der Waals surface area (Å²) in [5.74, 6) is 0.142. The molecule has 1 saturated heterocycles. The highest BCUT2D eigenvalue weighted by molar-refractivity contribution is 5.76. The molecule has 0 aromatic heterocycles. The summed E-state index contributed by atoms with van der Waals surface area (Å²) in [7, 11) is 0. The smallest absolute Gasteiger partial charge is 0.222 e. The van der Waals surface area contributed by atoms with Crippen molar-refractivity contribution >= 4 is 5.91 Å². The largest absolute Gasteiger partial charge is 0.375 e. The summed E-state index contributed by atoms with van der Waals surface area (Å²) in [5.41, 5.74) is 0.376. The van der Waals surface area contributed by atoms with E-state index in [1.165, 1.54) is 32.1 Å². The first-order chi connectivity index (χ1) is 8.74. The van der Waals surface area contributed by atoms with Crippen LogP contribution in [0.25, 0.3) is 0 Å². The number of carbonyl (C=O) groups is 1. The van der Waals surface area contributed by atoms with Crippen molar-refractivity contribution in [1.29, 1.82) is 0 Å². The third-order valence-electron chi connectivity index (χ3n) is 4.49. The Balaban J connectivity index is 1.70. The molecule has 0 radical (unpaired) electrons. The van der Waals surface area contributed by atoms with E-state index in [9.17, 15) is 4.79 Å². The lowest BCUT2D eigenvalue weighted by Gasteiger charge is -2.28.